The van der Waals surface area contributed by atoms with Crippen molar-refractivity contribution in [3.05, 3.63) is 53.5 Å². The topological polar surface area (TPSA) is 51.8 Å². The number of hydrogen-bond acceptors (Lipinski definition) is 4. The van der Waals surface area contributed by atoms with E-state index < -0.39 is 0 Å². The number of nitrogens with two attached hydrogens (primary N) is 1. The summed E-state index contributed by atoms with van der Waals surface area (Å²) in [4.78, 5) is 8.77. The van der Waals surface area contributed by atoms with Gasteiger partial charge in [0.05, 0.1) is 11.3 Å². The second-order valence-corrected chi connectivity index (χ2v) is 5.15. The first kappa shape index (κ1) is 11.9. The third-order valence-corrected chi connectivity index (χ3v) is 3.87. The number of pyridine rings is 1. The number of thiazole rings is 1. The zero-order valence-corrected chi connectivity index (χ0v) is 11.3. The number of aromatic nitrogens is 2. The number of benzene rings is 1. The summed E-state index contributed by atoms with van der Waals surface area (Å²) in [6, 6.07) is 12.1. The summed E-state index contributed by atoms with van der Waals surface area (Å²) in [6.45, 7) is 2.09. The van der Waals surface area contributed by atoms with Crippen molar-refractivity contribution >= 4 is 17.2 Å². The van der Waals surface area contributed by atoms with Crippen molar-refractivity contribution in [2.24, 2.45) is 0 Å². The summed E-state index contributed by atoms with van der Waals surface area (Å²) in [7, 11) is 0. The maximum atomic E-state index is 5.89. The number of anilines is 1. The molecule has 0 spiro atoms. The molecule has 2 N–H and O–H groups in total. The first-order chi connectivity index (χ1) is 9.25. The molecule has 94 valence electrons. The zero-order chi connectivity index (χ0) is 13.2. The molecule has 0 atom stereocenters. The van der Waals surface area contributed by atoms with Crippen LogP contribution in [-0.4, -0.2) is 9.97 Å². The highest BCUT2D eigenvalue weighted by Crippen LogP contribution is 2.32. The minimum atomic E-state index is 0.521. The van der Waals surface area contributed by atoms with Crippen LogP contribution in [0.25, 0.3) is 21.8 Å². The number of nitrogen functional groups attached to an aromatic ring is 1. The van der Waals surface area contributed by atoms with Crippen LogP contribution in [0, 0.1) is 6.92 Å². The number of aryl methyl sites for hydroxylation is 1. The van der Waals surface area contributed by atoms with Crippen molar-refractivity contribution in [2.75, 3.05) is 5.73 Å². The smallest absolute Gasteiger partial charge is 0.133 e. The van der Waals surface area contributed by atoms with Crippen LogP contribution >= 0.6 is 11.3 Å². The van der Waals surface area contributed by atoms with E-state index in [-0.39, 0.29) is 0 Å². The molecule has 1 aromatic carbocycles. The molecule has 19 heavy (non-hydrogen) atoms. The largest absolute Gasteiger partial charge is 0.383 e. The van der Waals surface area contributed by atoms with E-state index in [1.807, 2.05) is 24.3 Å². The predicted octanol–water partition coefficient (Wildman–Crippen LogP) is 3.76. The van der Waals surface area contributed by atoms with E-state index in [9.17, 15) is 0 Å². The molecule has 3 aromatic rings. The Morgan fingerprint density at radius 2 is 1.84 bits per heavy atom. The molecule has 2 aromatic heterocycles. The molecular weight excluding hydrogens is 254 g/mol. The molecule has 0 radical (unpaired) electrons. The first-order valence-electron chi connectivity index (χ1n) is 5.98. The standard InChI is InChI=1S/C15H13N3S/c1-10-5-2-3-6-11(10)13-9-19-15(18-13)12-7-4-8-17-14(12)16/h2-9H,1H3,(H2,16,17). The SMILES string of the molecule is Cc1ccccc1-c1csc(-c2cccnc2N)n1. The average Bonchev–Trinajstić information content (AvgIpc) is 2.89. The Bertz CT molecular complexity index is 659. The third kappa shape index (κ3) is 2.22. The van der Waals surface area contributed by atoms with E-state index in [1.54, 1.807) is 17.5 Å². The van der Waals surface area contributed by atoms with Crippen molar-refractivity contribution in [3.63, 3.8) is 0 Å². The molecule has 0 fully saturated rings. The predicted molar refractivity (Wildman–Crippen MR) is 79.9 cm³/mol. The molecule has 0 amide bonds. The van der Waals surface area contributed by atoms with Crippen LogP contribution in [0.3, 0.4) is 0 Å². The van der Waals surface area contributed by atoms with Gasteiger partial charge in [0.15, 0.2) is 0 Å². The highest BCUT2D eigenvalue weighted by Gasteiger charge is 2.10. The van der Waals surface area contributed by atoms with E-state index >= 15 is 0 Å². The average molecular weight is 267 g/mol. The van der Waals surface area contributed by atoms with E-state index in [2.05, 4.69) is 34.4 Å². The van der Waals surface area contributed by atoms with Gasteiger partial charge in [0, 0.05) is 17.1 Å². The molecule has 3 nitrogen and oxygen atoms in total. The summed E-state index contributed by atoms with van der Waals surface area (Å²) in [6.07, 6.45) is 1.69. The lowest BCUT2D eigenvalue weighted by molar-refractivity contribution is 1.31. The highest BCUT2D eigenvalue weighted by atomic mass is 32.1. The fourth-order valence-corrected chi connectivity index (χ4v) is 2.83. The van der Waals surface area contributed by atoms with Gasteiger partial charge in [0.25, 0.3) is 0 Å². The Labute approximate surface area is 115 Å². The maximum Gasteiger partial charge on any atom is 0.133 e. The molecule has 4 heteroatoms. The van der Waals surface area contributed by atoms with Crippen LogP contribution in [-0.2, 0) is 0 Å². The second kappa shape index (κ2) is 4.82. The summed E-state index contributed by atoms with van der Waals surface area (Å²) in [5, 5.41) is 2.97. The summed E-state index contributed by atoms with van der Waals surface area (Å²) in [5.41, 5.74) is 10.1. The molecule has 0 saturated carbocycles. The quantitative estimate of drug-likeness (QED) is 0.769. The second-order valence-electron chi connectivity index (χ2n) is 4.29. The summed E-state index contributed by atoms with van der Waals surface area (Å²) < 4.78 is 0. The number of rotatable bonds is 2. The summed E-state index contributed by atoms with van der Waals surface area (Å²) >= 11 is 1.59. The van der Waals surface area contributed by atoms with E-state index in [0.717, 1.165) is 21.8 Å². The molecule has 0 aliphatic rings. The fraction of sp³-hybridized carbons (Fsp3) is 0.0667. The van der Waals surface area contributed by atoms with Crippen LogP contribution in [0.4, 0.5) is 5.82 Å². The zero-order valence-electron chi connectivity index (χ0n) is 10.5. The molecule has 0 aliphatic carbocycles. The molecule has 0 saturated heterocycles. The van der Waals surface area contributed by atoms with Gasteiger partial charge in [0.1, 0.15) is 10.8 Å². The minimum absolute atomic E-state index is 0.521. The Morgan fingerprint density at radius 3 is 2.63 bits per heavy atom. The maximum absolute atomic E-state index is 5.89. The third-order valence-electron chi connectivity index (χ3n) is 2.99. The Morgan fingerprint density at radius 1 is 1.05 bits per heavy atom. The highest BCUT2D eigenvalue weighted by molar-refractivity contribution is 7.13. The van der Waals surface area contributed by atoms with Crippen molar-refractivity contribution in [2.45, 2.75) is 6.92 Å². The van der Waals surface area contributed by atoms with Gasteiger partial charge in [-0.1, -0.05) is 24.3 Å². The van der Waals surface area contributed by atoms with Gasteiger partial charge < -0.3 is 5.73 Å². The molecule has 3 rings (SSSR count). The van der Waals surface area contributed by atoms with Gasteiger partial charge in [-0.25, -0.2) is 9.97 Å². The van der Waals surface area contributed by atoms with Crippen molar-refractivity contribution in [1.29, 1.82) is 0 Å². The molecule has 0 aliphatic heterocycles. The van der Waals surface area contributed by atoms with Crippen LogP contribution in [0.5, 0.6) is 0 Å². The van der Waals surface area contributed by atoms with E-state index in [0.29, 0.717) is 5.82 Å². The lowest BCUT2D eigenvalue weighted by atomic mass is 10.1. The Kier molecular flexibility index (Phi) is 3.01. The van der Waals surface area contributed by atoms with E-state index in [1.165, 1.54) is 5.56 Å². The monoisotopic (exact) mass is 267 g/mol. The minimum Gasteiger partial charge on any atom is -0.383 e. The van der Waals surface area contributed by atoms with Gasteiger partial charge in [-0.15, -0.1) is 11.3 Å². The van der Waals surface area contributed by atoms with Gasteiger partial charge in [0.2, 0.25) is 0 Å². The van der Waals surface area contributed by atoms with Crippen molar-refractivity contribution in [1.82, 2.24) is 9.97 Å². The lowest BCUT2D eigenvalue weighted by Crippen LogP contribution is -1.92. The van der Waals surface area contributed by atoms with Gasteiger partial charge in [-0.2, -0.15) is 0 Å². The van der Waals surface area contributed by atoms with E-state index in [4.69, 9.17) is 5.73 Å². The van der Waals surface area contributed by atoms with Gasteiger partial charge in [-0.3, -0.25) is 0 Å². The summed E-state index contributed by atoms with van der Waals surface area (Å²) in [5.74, 6) is 0.521. The van der Waals surface area contributed by atoms with Crippen molar-refractivity contribution in [3.8, 4) is 21.8 Å². The molecular formula is C15H13N3S. The normalized spacial score (nSPS) is 10.6. The molecule has 2 heterocycles. The Balaban J connectivity index is 2.06. The van der Waals surface area contributed by atoms with Gasteiger partial charge >= 0.3 is 0 Å². The van der Waals surface area contributed by atoms with Crippen LogP contribution in [0.2, 0.25) is 0 Å². The van der Waals surface area contributed by atoms with Gasteiger partial charge in [-0.05, 0) is 24.6 Å². The molecule has 0 unspecified atom stereocenters. The van der Waals surface area contributed by atoms with Crippen LogP contribution in [0.1, 0.15) is 5.56 Å². The Hall–Kier alpha value is -2.20. The van der Waals surface area contributed by atoms with Crippen LogP contribution < -0.4 is 5.73 Å². The molecule has 0 bridgehead atoms. The lowest BCUT2D eigenvalue weighted by Gasteiger charge is -2.01. The van der Waals surface area contributed by atoms with Crippen LogP contribution in [0.15, 0.2) is 48.0 Å². The first-order valence-corrected chi connectivity index (χ1v) is 6.86. The van der Waals surface area contributed by atoms with Crippen molar-refractivity contribution < 1.29 is 0 Å². The number of nitrogens with zero attached hydrogens (tertiary/aromatic N) is 2. The fourth-order valence-electron chi connectivity index (χ4n) is 1.98. The number of hydrogen-bond donors (Lipinski definition) is 1.